The number of nitrogens with zero attached hydrogens (tertiary/aromatic N) is 7. The van der Waals surface area contributed by atoms with Gasteiger partial charge >= 0.3 is 0 Å². The Morgan fingerprint density at radius 3 is 2.36 bits per heavy atom. The fraction of sp³-hybridized carbons (Fsp3) is 0.174. The first-order valence-corrected chi connectivity index (χ1v) is 10.8. The average Bonchev–Trinajstić information content (AvgIpc) is 3.41. The van der Waals surface area contributed by atoms with E-state index in [1.54, 1.807) is 58.6 Å². The van der Waals surface area contributed by atoms with Gasteiger partial charge in [-0.25, -0.2) is 9.67 Å². The molecule has 0 spiro atoms. The van der Waals surface area contributed by atoms with Gasteiger partial charge in [0.15, 0.2) is 5.82 Å². The van der Waals surface area contributed by atoms with Crippen LogP contribution in [0, 0.1) is 0 Å². The molecule has 4 aromatic rings. The van der Waals surface area contributed by atoms with Crippen LogP contribution in [0.1, 0.15) is 10.4 Å². The molecular weight excluding hydrogens is 442 g/mol. The van der Waals surface area contributed by atoms with E-state index >= 15 is 0 Å². The highest BCUT2D eigenvalue weighted by atomic mass is 35.5. The molecule has 1 aromatic carbocycles. The fourth-order valence-electron chi connectivity index (χ4n) is 3.78. The quantitative estimate of drug-likeness (QED) is 0.463. The van der Waals surface area contributed by atoms with Gasteiger partial charge in [-0.2, -0.15) is 14.9 Å². The van der Waals surface area contributed by atoms with Gasteiger partial charge in [0.25, 0.3) is 11.5 Å². The Bertz CT molecular complexity index is 1310. The third kappa shape index (κ3) is 4.10. The van der Waals surface area contributed by atoms with Gasteiger partial charge in [0.05, 0.1) is 23.1 Å². The van der Waals surface area contributed by atoms with Crippen LogP contribution in [0.3, 0.4) is 0 Å². The van der Waals surface area contributed by atoms with Crippen LogP contribution in [0.2, 0.25) is 5.02 Å². The van der Waals surface area contributed by atoms with Gasteiger partial charge in [-0.3, -0.25) is 9.59 Å². The van der Waals surface area contributed by atoms with E-state index in [1.165, 1.54) is 4.68 Å². The minimum atomic E-state index is -0.373. The van der Waals surface area contributed by atoms with E-state index < -0.39 is 0 Å². The summed E-state index contributed by atoms with van der Waals surface area (Å²) in [6.45, 7) is 2.08. The smallest absolute Gasteiger partial charge is 0.292 e. The van der Waals surface area contributed by atoms with Gasteiger partial charge < -0.3 is 9.80 Å². The first-order valence-electron chi connectivity index (χ1n) is 10.5. The summed E-state index contributed by atoms with van der Waals surface area (Å²) in [7, 11) is 0. The number of piperazine rings is 1. The number of pyridine rings is 1. The zero-order chi connectivity index (χ0) is 22.8. The Kier molecular flexibility index (Phi) is 5.62. The highest BCUT2D eigenvalue weighted by molar-refractivity contribution is 6.33. The summed E-state index contributed by atoms with van der Waals surface area (Å²) in [5.74, 6) is 0.562. The maximum atomic E-state index is 12.9. The van der Waals surface area contributed by atoms with Crippen molar-refractivity contribution >= 4 is 23.2 Å². The van der Waals surface area contributed by atoms with Crippen LogP contribution in [0.15, 0.2) is 78.1 Å². The van der Waals surface area contributed by atoms with E-state index in [-0.39, 0.29) is 16.5 Å². The van der Waals surface area contributed by atoms with E-state index in [9.17, 15) is 9.59 Å². The summed E-state index contributed by atoms with van der Waals surface area (Å²) < 4.78 is 2.92. The maximum absolute atomic E-state index is 12.9. The topological polar surface area (TPSA) is 89.2 Å². The lowest BCUT2D eigenvalue weighted by molar-refractivity contribution is 0.0746. The van der Waals surface area contributed by atoms with Crippen molar-refractivity contribution in [3.8, 4) is 11.5 Å². The molecule has 5 rings (SSSR count). The number of carbonyl (C=O) groups is 1. The molecule has 166 valence electrons. The number of hydrogen-bond donors (Lipinski definition) is 0. The van der Waals surface area contributed by atoms with Crippen molar-refractivity contribution in [3.05, 3.63) is 94.3 Å². The Labute approximate surface area is 194 Å². The summed E-state index contributed by atoms with van der Waals surface area (Å²) >= 11 is 6.42. The van der Waals surface area contributed by atoms with E-state index in [0.29, 0.717) is 48.9 Å². The second-order valence-electron chi connectivity index (χ2n) is 7.53. The summed E-state index contributed by atoms with van der Waals surface area (Å²) in [4.78, 5) is 33.8. The molecule has 1 aliphatic rings. The van der Waals surface area contributed by atoms with Crippen molar-refractivity contribution in [2.24, 2.45) is 0 Å². The van der Waals surface area contributed by atoms with E-state index in [0.717, 1.165) is 0 Å². The molecule has 10 heteroatoms. The summed E-state index contributed by atoms with van der Waals surface area (Å²) in [5, 5.41) is 8.55. The number of benzene rings is 1. The molecule has 1 saturated heterocycles. The third-order valence-electron chi connectivity index (χ3n) is 5.54. The van der Waals surface area contributed by atoms with Crippen molar-refractivity contribution in [3.63, 3.8) is 0 Å². The van der Waals surface area contributed by atoms with Gasteiger partial charge in [-0.15, -0.1) is 0 Å². The molecule has 0 bridgehead atoms. The molecule has 33 heavy (non-hydrogen) atoms. The molecule has 1 fully saturated rings. The third-order valence-corrected chi connectivity index (χ3v) is 5.90. The molecule has 0 N–H and O–H groups in total. The zero-order valence-corrected chi connectivity index (χ0v) is 18.3. The van der Waals surface area contributed by atoms with Crippen molar-refractivity contribution < 1.29 is 4.79 Å². The molecule has 4 heterocycles. The van der Waals surface area contributed by atoms with Gasteiger partial charge in [-0.1, -0.05) is 29.8 Å². The molecule has 0 atom stereocenters. The molecule has 0 saturated carbocycles. The highest BCUT2D eigenvalue weighted by Crippen LogP contribution is 2.23. The normalized spacial score (nSPS) is 13.8. The van der Waals surface area contributed by atoms with Crippen molar-refractivity contribution in [1.29, 1.82) is 0 Å². The number of rotatable bonds is 4. The van der Waals surface area contributed by atoms with Crippen LogP contribution in [-0.4, -0.2) is 61.5 Å². The summed E-state index contributed by atoms with van der Waals surface area (Å²) in [6, 6.07) is 14.5. The van der Waals surface area contributed by atoms with Gasteiger partial charge in [0.2, 0.25) is 0 Å². The van der Waals surface area contributed by atoms with E-state index in [2.05, 4.69) is 15.2 Å². The first kappa shape index (κ1) is 20.9. The van der Waals surface area contributed by atoms with Crippen LogP contribution >= 0.6 is 11.6 Å². The van der Waals surface area contributed by atoms with Crippen LogP contribution in [-0.2, 0) is 0 Å². The Morgan fingerprint density at radius 2 is 1.70 bits per heavy atom. The molecular formula is C23H20ClN7O2. The fourth-order valence-corrected chi connectivity index (χ4v) is 4.03. The highest BCUT2D eigenvalue weighted by Gasteiger charge is 2.25. The largest absolute Gasteiger partial charge is 0.365 e. The van der Waals surface area contributed by atoms with Crippen molar-refractivity contribution in [2.75, 3.05) is 31.1 Å². The zero-order valence-electron chi connectivity index (χ0n) is 17.6. The predicted molar refractivity (Wildman–Crippen MR) is 124 cm³/mol. The summed E-state index contributed by atoms with van der Waals surface area (Å²) in [6.07, 6.45) is 6.63. The number of anilines is 1. The standard InChI is InChI=1S/C23H20ClN7O2/c24-21-19(16-27-31(23(21)33)18-5-2-1-3-6-18)28-11-13-29(14-12-28)22(32)17-7-8-20(25-15-17)30-10-4-9-26-30/h1-10,15-16H,11-14H2. The van der Waals surface area contributed by atoms with Crippen molar-refractivity contribution in [1.82, 2.24) is 29.4 Å². The number of halogens is 1. The van der Waals surface area contributed by atoms with E-state index in [4.69, 9.17) is 11.6 Å². The van der Waals surface area contributed by atoms with Crippen LogP contribution in [0.5, 0.6) is 0 Å². The second kappa shape index (κ2) is 8.87. The van der Waals surface area contributed by atoms with Crippen LogP contribution < -0.4 is 10.5 Å². The number of amides is 1. The van der Waals surface area contributed by atoms with Gasteiger partial charge in [-0.05, 0) is 30.3 Å². The summed E-state index contributed by atoms with van der Waals surface area (Å²) in [5.41, 5.74) is 1.37. The monoisotopic (exact) mass is 461 g/mol. The first-order chi connectivity index (χ1) is 16.1. The van der Waals surface area contributed by atoms with Crippen LogP contribution in [0.25, 0.3) is 11.5 Å². The minimum Gasteiger partial charge on any atom is -0.365 e. The predicted octanol–water partition coefficient (Wildman–Crippen LogP) is 2.43. The lowest BCUT2D eigenvalue weighted by atomic mass is 10.2. The maximum Gasteiger partial charge on any atom is 0.292 e. The SMILES string of the molecule is O=C(c1ccc(-n2cccn2)nc1)N1CCN(c2cnn(-c3ccccc3)c(=O)c2Cl)CC1. The molecule has 0 radical (unpaired) electrons. The molecule has 0 unspecified atom stereocenters. The lowest BCUT2D eigenvalue weighted by Crippen LogP contribution is -2.49. The molecule has 0 aliphatic carbocycles. The van der Waals surface area contributed by atoms with Crippen molar-refractivity contribution in [2.45, 2.75) is 0 Å². The number of hydrogen-bond acceptors (Lipinski definition) is 6. The van der Waals surface area contributed by atoms with Gasteiger partial charge in [0.1, 0.15) is 5.02 Å². The Balaban J connectivity index is 1.27. The minimum absolute atomic E-state index is 0.0853. The number of para-hydroxylation sites is 1. The van der Waals surface area contributed by atoms with E-state index in [1.807, 2.05) is 29.2 Å². The Hall–Kier alpha value is -3.98. The second-order valence-corrected chi connectivity index (χ2v) is 7.91. The number of carbonyl (C=O) groups excluding carboxylic acids is 1. The average molecular weight is 462 g/mol. The molecule has 1 aliphatic heterocycles. The Morgan fingerprint density at radius 1 is 0.909 bits per heavy atom. The number of aromatic nitrogens is 5. The molecule has 9 nitrogen and oxygen atoms in total. The molecule has 1 amide bonds. The molecule has 3 aromatic heterocycles. The lowest BCUT2D eigenvalue weighted by Gasteiger charge is -2.36. The van der Waals surface area contributed by atoms with Gasteiger partial charge in [0, 0.05) is 44.8 Å². The van der Waals surface area contributed by atoms with Crippen LogP contribution in [0.4, 0.5) is 5.69 Å².